The first-order valence-electron chi connectivity index (χ1n) is 10.6. The van der Waals surface area contributed by atoms with E-state index in [1.165, 1.54) is 5.56 Å². The molecule has 0 unspecified atom stereocenters. The second-order valence-corrected chi connectivity index (χ2v) is 7.45. The topological polar surface area (TPSA) is 50.7 Å². The van der Waals surface area contributed by atoms with Gasteiger partial charge in [0.25, 0.3) is 0 Å². The summed E-state index contributed by atoms with van der Waals surface area (Å²) in [5.74, 6) is 1.97. The largest absolute Gasteiger partial charge is 0.388 e. The molecule has 0 aliphatic heterocycles. The van der Waals surface area contributed by atoms with Crippen LogP contribution in [0, 0.1) is 0 Å². The van der Waals surface area contributed by atoms with Gasteiger partial charge in [0.2, 0.25) is 0 Å². The summed E-state index contributed by atoms with van der Waals surface area (Å²) in [5.41, 5.74) is 6.22. The first-order valence-corrected chi connectivity index (χ1v) is 10.6. The third-order valence-electron chi connectivity index (χ3n) is 5.33. The van der Waals surface area contributed by atoms with Gasteiger partial charge in [0.1, 0.15) is 0 Å². The summed E-state index contributed by atoms with van der Waals surface area (Å²) < 4.78 is 0. The quantitative estimate of drug-likeness (QED) is 0.353. The second kappa shape index (κ2) is 8.82. The molecule has 154 valence electrons. The zero-order chi connectivity index (χ0) is 21.8. The fraction of sp³-hybridized carbons (Fsp3) is 0.0357. The molecule has 5 aromatic rings. The van der Waals surface area contributed by atoms with Gasteiger partial charge in [-0.05, 0) is 23.3 Å². The Morgan fingerprint density at radius 3 is 1.47 bits per heavy atom. The molecule has 0 aliphatic carbocycles. The Labute approximate surface area is 187 Å². The molecule has 0 atom stereocenters. The summed E-state index contributed by atoms with van der Waals surface area (Å²) in [4.78, 5) is 14.4. The summed E-state index contributed by atoms with van der Waals surface area (Å²) in [6.07, 6.45) is 0. The van der Waals surface area contributed by atoms with Crippen LogP contribution in [0.3, 0.4) is 0 Å². The zero-order valence-corrected chi connectivity index (χ0v) is 17.7. The molecule has 0 radical (unpaired) electrons. The van der Waals surface area contributed by atoms with Crippen LogP contribution in [0.4, 0.5) is 5.69 Å². The number of benzene rings is 4. The Kier molecular flexibility index (Phi) is 5.41. The Hall–Kier alpha value is -4.31. The van der Waals surface area contributed by atoms with Crippen molar-refractivity contribution in [1.29, 1.82) is 0 Å². The second-order valence-electron chi connectivity index (χ2n) is 7.45. The standard InChI is InChI=1S/C28H22N4/c1-29-25-14-8-13-24(19-25)28-31-26(22-11-6-3-7-12-22)30-27(32-28)23-17-15-21(16-18-23)20-9-4-2-5-10-20/h2-19,29H,1H3. The van der Waals surface area contributed by atoms with Crippen LogP contribution in [0.15, 0.2) is 109 Å². The monoisotopic (exact) mass is 414 g/mol. The molecule has 0 aliphatic rings. The molecule has 1 N–H and O–H groups in total. The Balaban J connectivity index is 1.61. The number of nitrogens with one attached hydrogen (secondary N) is 1. The lowest BCUT2D eigenvalue weighted by atomic mass is 10.0. The van der Waals surface area contributed by atoms with Gasteiger partial charge in [0.15, 0.2) is 17.5 Å². The van der Waals surface area contributed by atoms with E-state index < -0.39 is 0 Å². The number of nitrogens with zero attached hydrogens (tertiary/aromatic N) is 3. The minimum Gasteiger partial charge on any atom is -0.388 e. The highest BCUT2D eigenvalue weighted by Crippen LogP contribution is 2.27. The van der Waals surface area contributed by atoms with Gasteiger partial charge in [-0.15, -0.1) is 0 Å². The van der Waals surface area contributed by atoms with Crippen LogP contribution < -0.4 is 5.32 Å². The number of rotatable bonds is 5. The van der Waals surface area contributed by atoms with E-state index in [1.807, 2.05) is 79.8 Å². The fourth-order valence-electron chi connectivity index (χ4n) is 3.61. The Morgan fingerprint density at radius 1 is 0.438 bits per heavy atom. The summed E-state index contributed by atoms with van der Waals surface area (Å²) in [7, 11) is 1.90. The van der Waals surface area contributed by atoms with Gasteiger partial charge >= 0.3 is 0 Å². The number of aromatic nitrogens is 3. The van der Waals surface area contributed by atoms with Crippen LogP contribution >= 0.6 is 0 Å². The molecule has 1 aromatic heterocycles. The number of anilines is 1. The number of hydrogen-bond acceptors (Lipinski definition) is 4. The van der Waals surface area contributed by atoms with Crippen LogP contribution in [-0.4, -0.2) is 22.0 Å². The predicted molar refractivity (Wildman–Crippen MR) is 131 cm³/mol. The van der Waals surface area contributed by atoms with Gasteiger partial charge in [-0.25, -0.2) is 15.0 Å². The Bertz CT molecular complexity index is 1330. The molecule has 5 rings (SSSR count). The van der Waals surface area contributed by atoms with Gasteiger partial charge in [0.05, 0.1) is 0 Å². The lowest BCUT2D eigenvalue weighted by molar-refractivity contribution is 1.07. The highest BCUT2D eigenvalue weighted by atomic mass is 15.0. The SMILES string of the molecule is CNc1cccc(-c2nc(-c3ccccc3)nc(-c3ccc(-c4ccccc4)cc3)n2)c1. The first-order chi connectivity index (χ1) is 15.8. The van der Waals surface area contributed by atoms with Crippen LogP contribution in [-0.2, 0) is 0 Å². The van der Waals surface area contributed by atoms with E-state index in [2.05, 4.69) is 41.7 Å². The lowest BCUT2D eigenvalue weighted by Crippen LogP contribution is -2.00. The van der Waals surface area contributed by atoms with Gasteiger partial charge in [-0.3, -0.25) is 0 Å². The highest BCUT2D eigenvalue weighted by Gasteiger charge is 2.12. The molecular formula is C28H22N4. The van der Waals surface area contributed by atoms with Crippen molar-refractivity contribution in [3.8, 4) is 45.3 Å². The van der Waals surface area contributed by atoms with Crippen LogP contribution in [0.1, 0.15) is 0 Å². The van der Waals surface area contributed by atoms with Crippen molar-refractivity contribution in [1.82, 2.24) is 15.0 Å². The van der Waals surface area contributed by atoms with E-state index in [4.69, 9.17) is 15.0 Å². The third-order valence-corrected chi connectivity index (χ3v) is 5.33. The molecule has 0 bridgehead atoms. The smallest absolute Gasteiger partial charge is 0.164 e. The summed E-state index contributed by atoms with van der Waals surface area (Å²) in [6.45, 7) is 0. The van der Waals surface area contributed by atoms with E-state index >= 15 is 0 Å². The van der Waals surface area contributed by atoms with Gasteiger partial charge in [-0.1, -0.05) is 97.1 Å². The van der Waals surface area contributed by atoms with E-state index in [-0.39, 0.29) is 0 Å². The van der Waals surface area contributed by atoms with E-state index in [0.29, 0.717) is 17.5 Å². The average Bonchev–Trinajstić information content (AvgIpc) is 2.89. The van der Waals surface area contributed by atoms with Crippen molar-refractivity contribution < 1.29 is 0 Å². The molecule has 0 saturated carbocycles. The summed E-state index contributed by atoms with van der Waals surface area (Å²) >= 11 is 0. The van der Waals surface area contributed by atoms with Crippen LogP contribution in [0.25, 0.3) is 45.3 Å². The van der Waals surface area contributed by atoms with Crippen molar-refractivity contribution in [2.24, 2.45) is 0 Å². The number of hydrogen-bond donors (Lipinski definition) is 1. The zero-order valence-electron chi connectivity index (χ0n) is 17.7. The fourth-order valence-corrected chi connectivity index (χ4v) is 3.61. The Morgan fingerprint density at radius 2 is 0.875 bits per heavy atom. The van der Waals surface area contributed by atoms with Gasteiger partial charge in [-0.2, -0.15) is 0 Å². The minimum absolute atomic E-state index is 0.651. The maximum absolute atomic E-state index is 4.83. The van der Waals surface area contributed by atoms with Gasteiger partial charge < -0.3 is 5.32 Å². The first kappa shape index (κ1) is 19.6. The predicted octanol–water partition coefficient (Wildman–Crippen LogP) is 6.58. The van der Waals surface area contributed by atoms with Crippen molar-refractivity contribution in [2.75, 3.05) is 12.4 Å². The summed E-state index contributed by atoms with van der Waals surface area (Å²) in [6, 6.07) is 36.8. The molecule has 0 saturated heterocycles. The molecule has 32 heavy (non-hydrogen) atoms. The molecule has 0 amide bonds. The van der Waals surface area contributed by atoms with E-state index in [0.717, 1.165) is 27.9 Å². The van der Waals surface area contributed by atoms with E-state index in [1.54, 1.807) is 0 Å². The molecular weight excluding hydrogens is 392 g/mol. The van der Waals surface area contributed by atoms with Crippen molar-refractivity contribution >= 4 is 5.69 Å². The maximum Gasteiger partial charge on any atom is 0.164 e. The van der Waals surface area contributed by atoms with Gasteiger partial charge in [0, 0.05) is 29.4 Å². The summed E-state index contributed by atoms with van der Waals surface area (Å²) in [5, 5.41) is 3.18. The average molecular weight is 415 g/mol. The molecule has 1 heterocycles. The van der Waals surface area contributed by atoms with Crippen molar-refractivity contribution in [3.63, 3.8) is 0 Å². The van der Waals surface area contributed by atoms with Crippen LogP contribution in [0.5, 0.6) is 0 Å². The molecule has 4 heteroatoms. The molecule has 4 nitrogen and oxygen atoms in total. The highest BCUT2D eigenvalue weighted by molar-refractivity contribution is 5.71. The maximum atomic E-state index is 4.83. The van der Waals surface area contributed by atoms with Crippen molar-refractivity contribution in [3.05, 3.63) is 109 Å². The minimum atomic E-state index is 0.651. The molecule has 0 fully saturated rings. The molecule has 4 aromatic carbocycles. The lowest BCUT2D eigenvalue weighted by Gasteiger charge is -2.10. The normalized spacial score (nSPS) is 10.7. The molecule has 0 spiro atoms. The van der Waals surface area contributed by atoms with E-state index in [9.17, 15) is 0 Å². The van der Waals surface area contributed by atoms with Crippen LogP contribution in [0.2, 0.25) is 0 Å². The third kappa shape index (κ3) is 4.12. The van der Waals surface area contributed by atoms with Crippen molar-refractivity contribution in [2.45, 2.75) is 0 Å².